The van der Waals surface area contributed by atoms with E-state index in [1.807, 2.05) is 12.1 Å². The summed E-state index contributed by atoms with van der Waals surface area (Å²) in [5, 5.41) is 11.6. The van der Waals surface area contributed by atoms with Crippen molar-refractivity contribution in [2.24, 2.45) is 0 Å². The molecule has 2 aliphatic heterocycles. The minimum absolute atomic E-state index is 0.223. The fourth-order valence-corrected chi connectivity index (χ4v) is 5.68. The Morgan fingerprint density at radius 3 is 2.16 bits per heavy atom. The Labute approximate surface area is 189 Å². The van der Waals surface area contributed by atoms with Crippen molar-refractivity contribution in [1.29, 1.82) is 0 Å². The number of nitro groups is 1. The SMILES string of the molecule is O=[N+]([O-])c1ccccc1CN1CC(C(c2ccccc2)c2ccccc2)N2CCC[C@H]2C1. The molecule has 5 rings (SSSR count). The van der Waals surface area contributed by atoms with Gasteiger partial charge in [0.05, 0.1) is 4.92 Å². The third-order valence-corrected chi connectivity index (χ3v) is 7.05. The molecule has 1 unspecified atom stereocenters. The number of fused-ring (bicyclic) bond motifs is 1. The van der Waals surface area contributed by atoms with Crippen LogP contribution in [0.2, 0.25) is 0 Å². The van der Waals surface area contributed by atoms with Crippen molar-refractivity contribution in [1.82, 2.24) is 9.80 Å². The molecule has 3 aromatic rings. The Morgan fingerprint density at radius 2 is 1.50 bits per heavy atom. The van der Waals surface area contributed by atoms with Crippen molar-refractivity contribution in [3.05, 3.63) is 112 Å². The normalized spacial score (nSPS) is 21.5. The lowest BCUT2D eigenvalue weighted by Gasteiger charge is -2.47. The molecule has 0 saturated carbocycles. The lowest BCUT2D eigenvalue weighted by Crippen LogP contribution is -2.57. The average Bonchev–Trinajstić information content (AvgIpc) is 3.30. The molecule has 0 aliphatic carbocycles. The van der Waals surface area contributed by atoms with Crippen molar-refractivity contribution in [3.63, 3.8) is 0 Å². The molecule has 0 N–H and O–H groups in total. The summed E-state index contributed by atoms with van der Waals surface area (Å²) in [4.78, 5) is 16.5. The highest BCUT2D eigenvalue weighted by molar-refractivity contribution is 5.40. The van der Waals surface area contributed by atoms with Gasteiger partial charge in [-0.1, -0.05) is 78.9 Å². The van der Waals surface area contributed by atoms with E-state index in [9.17, 15) is 10.1 Å². The molecule has 0 spiro atoms. The van der Waals surface area contributed by atoms with Crippen molar-refractivity contribution >= 4 is 5.69 Å². The Hall–Kier alpha value is -3.02. The molecule has 2 fully saturated rings. The van der Waals surface area contributed by atoms with Crippen LogP contribution in [0.3, 0.4) is 0 Å². The van der Waals surface area contributed by atoms with Crippen LogP contribution in [0.5, 0.6) is 0 Å². The second-order valence-corrected chi connectivity index (χ2v) is 8.98. The zero-order valence-corrected chi connectivity index (χ0v) is 18.2. The van der Waals surface area contributed by atoms with Gasteiger partial charge in [0.15, 0.2) is 0 Å². The molecule has 0 bridgehead atoms. The Bertz CT molecular complexity index is 1020. The van der Waals surface area contributed by atoms with E-state index in [0.717, 1.165) is 25.2 Å². The number of benzene rings is 3. The minimum Gasteiger partial charge on any atom is -0.296 e. The molecule has 0 amide bonds. The van der Waals surface area contributed by atoms with Crippen molar-refractivity contribution < 1.29 is 4.92 Å². The Kier molecular flexibility index (Phi) is 6.02. The molecule has 3 aromatic carbocycles. The monoisotopic (exact) mass is 427 g/mol. The summed E-state index contributed by atoms with van der Waals surface area (Å²) >= 11 is 0. The predicted molar refractivity (Wildman–Crippen MR) is 127 cm³/mol. The van der Waals surface area contributed by atoms with Crippen LogP contribution in [0, 0.1) is 10.1 Å². The van der Waals surface area contributed by atoms with Crippen molar-refractivity contribution in [2.75, 3.05) is 19.6 Å². The summed E-state index contributed by atoms with van der Waals surface area (Å²) in [5.74, 6) is 0.270. The highest BCUT2D eigenvalue weighted by Crippen LogP contribution is 2.38. The number of piperazine rings is 1. The molecule has 2 heterocycles. The number of rotatable bonds is 6. The van der Waals surface area contributed by atoms with Gasteiger partial charge < -0.3 is 0 Å². The number of nitrogens with zero attached hydrogens (tertiary/aromatic N) is 3. The van der Waals surface area contributed by atoms with E-state index in [4.69, 9.17) is 0 Å². The molecule has 2 aliphatic rings. The summed E-state index contributed by atoms with van der Waals surface area (Å²) in [7, 11) is 0. The van der Waals surface area contributed by atoms with E-state index in [1.54, 1.807) is 12.1 Å². The van der Waals surface area contributed by atoms with Crippen LogP contribution < -0.4 is 0 Å². The Balaban J connectivity index is 1.49. The van der Waals surface area contributed by atoms with Crippen LogP contribution in [-0.4, -0.2) is 46.4 Å². The summed E-state index contributed by atoms with van der Waals surface area (Å²) in [6, 6.07) is 29.6. The largest absolute Gasteiger partial charge is 0.296 e. The van der Waals surface area contributed by atoms with Crippen molar-refractivity contribution in [2.45, 2.75) is 37.4 Å². The van der Waals surface area contributed by atoms with Crippen LogP contribution in [0.4, 0.5) is 5.69 Å². The maximum Gasteiger partial charge on any atom is 0.273 e. The zero-order valence-electron chi connectivity index (χ0n) is 18.2. The van der Waals surface area contributed by atoms with E-state index in [1.165, 1.54) is 24.0 Å². The van der Waals surface area contributed by atoms with Gasteiger partial charge in [0.25, 0.3) is 5.69 Å². The third-order valence-electron chi connectivity index (χ3n) is 7.05. The topological polar surface area (TPSA) is 49.6 Å². The number of nitro benzene ring substituents is 1. The van der Waals surface area contributed by atoms with E-state index in [-0.39, 0.29) is 16.5 Å². The van der Waals surface area contributed by atoms with Gasteiger partial charge in [-0.25, -0.2) is 0 Å². The van der Waals surface area contributed by atoms with Gasteiger partial charge in [0, 0.05) is 49.3 Å². The van der Waals surface area contributed by atoms with Crippen LogP contribution in [0.25, 0.3) is 0 Å². The van der Waals surface area contributed by atoms with Gasteiger partial charge in [0.2, 0.25) is 0 Å². The molecule has 32 heavy (non-hydrogen) atoms. The fraction of sp³-hybridized carbons (Fsp3) is 0.333. The van der Waals surface area contributed by atoms with Crippen LogP contribution >= 0.6 is 0 Å². The van der Waals surface area contributed by atoms with Gasteiger partial charge in [-0.2, -0.15) is 0 Å². The highest BCUT2D eigenvalue weighted by atomic mass is 16.6. The lowest BCUT2D eigenvalue weighted by atomic mass is 9.82. The first-order chi connectivity index (χ1) is 15.7. The quantitative estimate of drug-likeness (QED) is 0.407. The zero-order chi connectivity index (χ0) is 21.9. The van der Waals surface area contributed by atoms with E-state index >= 15 is 0 Å². The number of para-hydroxylation sites is 1. The average molecular weight is 428 g/mol. The maximum absolute atomic E-state index is 11.6. The van der Waals surface area contributed by atoms with Gasteiger partial charge in [-0.05, 0) is 30.5 Å². The molecular formula is C27H29N3O2. The molecule has 164 valence electrons. The number of hydrogen-bond donors (Lipinski definition) is 0. The predicted octanol–water partition coefficient (Wildman–Crippen LogP) is 5.08. The molecule has 2 atom stereocenters. The second kappa shape index (κ2) is 9.23. The molecule has 2 saturated heterocycles. The first-order valence-corrected chi connectivity index (χ1v) is 11.5. The van der Waals surface area contributed by atoms with Crippen LogP contribution in [-0.2, 0) is 6.54 Å². The summed E-state index contributed by atoms with van der Waals surface area (Å²) < 4.78 is 0. The van der Waals surface area contributed by atoms with Gasteiger partial charge in [-0.15, -0.1) is 0 Å². The fourth-order valence-electron chi connectivity index (χ4n) is 5.68. The molecule has 5 heteroatoms. The minimum atomic E-state index is -0.255. The number of hydrogen-bond acceptors (Lipinski definition) is 4. The summed E-state index contributed by atoms with van der Waals surface area (Å²) in [6.45, 7) is 3.62. The van der Waals surface area contributed by atoms with E-state index in [0.29, 0.717) is 18.6 Å². The van der Waals surface area contributed by atoms with Gasteiger partial charge in [0.1, 0.15) is 0 Å². The second-order valence-electron chi connectivity index (χ2n) is 8.98. The van der Waals surface area contributed by atoms with Crippen molar-refractivity contribution in [3.8, 4) is 0 Å². The van der Waals surface area contributed by atoms with Crippen LogP contribution in [0.15, 0.2) is 84.9 Å². The standard InChI is InChI=1S/C27H29N3O2/c31-30(32)25-16-8-7-14-23(25)18-28-19-24-15-9-17-29(24)26(20-28)27(21-10-3-1-4-11-21)22-12-5-2-6-13-22/h1-8,10-14,16,24,26-27H,9,15,17-20H2/t24-,26?/m0/s1. The summed E-state index contributed by atoms with van der Waals surface area (Å²) in [5.41, 5.74) is 3.70. The van der Waals surface area contributed by atoms with E-state index < -0.39 is 0 Å². The highest BCUT2D eigenvalue weighted by Gasteiger charge is 2.42. The molecule has 0 aromatic heterocycles. The lowest BCUT2D eigenvalue weighted by molar-refractivity contribution is -0.385. The maximum atomic E-state index is 11.6. The molecular weight excluding hydrogens is 398 g/mol. The van der Waals surface area contributed by atoms with Gasteiger partial charge in [-0.3, -0.25) is 19.9 Å². The summed E-state index contributed by atoms with van der Waals surface area (Å²) in [6.07, 6.45) is 2.41. The van der Waals surface area contributed by atoms with Crippen LogP contribution in [0.1, 0.15) is 35.4 Å². The van der Waals surface area contributed by atoms with Gasteiger partial charge >= 0.3 is 0 Å². The molecule has 0 radical (unpaired) electrons. The Morgan fingerprint density at radius 1 is 0.875 bits per heavy atom. The smallest absolute Gasteiger partial charge is 0.273 e. The molecule has 5 nitrogen and oxygen atoms in total. The van der Waals surface area contributed by atoms with E-state index in [2.05, 4.69) is 70.5 Å². The first-order valence-electron chi connectivity index (χ1n) is 11.5. The first kappa shape index (κ1) is 20.9. The third kappa shape index (κ3) is 4.18.